The van der Waals surface area contributed by atoms with Crippen molar-refractivity contribution >= 4 is 40.1 Å². The first-order valence-corrected chi connectivity index (χ1v) is 16.8. The molecule has 12 nitrogen and oxygen atoms in total. The summed E-state index contributed by atoms with van der Waals surface area (Å²) in [5.41, 5.74) is 14.0. The number of hydrogen-bond donors (Lipinski definition) is 6. The number of anilines is 1. The van der Waals surface area contributed by atoms with Gasteiger partial charge in [-0.15, -0.1) is 0 Å². The summed E-state index contributed by atoms with van der Waals surface area (Å²) in [6.45, 7) is 6.52. The minimum atomic E-state index is -0.668. The molecule has 0 spiro atoms. The molecular formula is C34H47FN8O4S. The monoisotopic (exact) mass is 682 g/mol. The Morgan fingerprint density at radius 2 is 1.83 bits per heavy atom. The van der Waals surface area contributed by atoms with Crippen LogP contribution in [-0.4, -0.2) is 54.1 Å². The van der Waals surface area contributed by atoms with E-state index < -0.39 is 22.7 Å². The van der Waals surface area contributed by atoms with Crippen LogP contribution in [0, 0.1) is 22.0 Å². The summed E-state index contributed by atoms with van der Waals surface area (Å²) < 4.78 is 15.2. The fourth-order valence-corrected chi connectivity index (χ4v) is 5.68. The number of halogens is 1. The minimum absolute atomic E-state index is 0.00459. The number of carbonyl (C=O) groups excluding carboxylic acids is 2. The molecule has 0 aliphatic heterocycles. The largest absolute Gasteiger partial charge is 0.387 e. The van der Waals surface area contributed by atoms with Gasteiger partial charge in [0.25, 0.3) is 11.6 Å². The maximum atomic E-state index is 15.2. The Hall–Kier alpha value is -4.27. The van der Waals surface area contributed by atoms with Gasteiger partial charge in [-0.05, 0) is 67.0 Å². The SMILES string of the molecule is CN=C(N)Sc1ccc([N+](=O)[O-])cc1C(=O)NC/C(F)=C\C(=C/NCc1ccc(NC(=O)[C@H](C)NCC(N)C(C)C)cc1)C1CCCC1. The summed E-state index contributed by atoms with van der Waals surface area (Å²) in [5, 5.41) is 23.4. The summed E-state index contributed by atoms with van der Waals surface area (Å²) in [7, 11) is 1.49. The van der Waals surface area contributed by atoms with Crippen LogP contribution in [0.1, 0.15) is 62.4 Å². The summed E-state index contributed by atoms with van der Waals surface area (Å²) in [4.78, 5) is 40.5. The molecule has 0 heterocycles. The molecule has 0 bridgehead atoms. The van der Waals surface area contributed by atoms with E-state index in [0.717, 1.165) is 54.6 Å². The van der Waals surface area contributed by atoms with Gasteiger partial charge in [0.2, 0.25) is 5.91 Å². The third-order valence-electron chi connectivity index (χ3n) is 8.13. The Labute approximate surface area is 285 Å². The normalized spacial score (nSPS) is 15.7. The molecule has 48 heavy (non-hydrogen) atoms. The van der Waals surface area contributed by atoms with Crippen molar-refractivity contribution in [3.8, 4) is 0 Å². The van der Waals surface area contributed by atoms with E-state index in [1.807, 2.05) is 44.3 Å². The Morgan fingerprint density at radius 3 is 2.46 bits per heavy atom. The average Bonchev–Trinajstić information content (AvgIpc) is 3.61. The average molecular weight is 683 g/mol. The number of non-ortho nitro benzene ring substituents is 1. The maximum Gasteiger partial charge on any atom is 0.270 e. The summed E-state index contributed by atoms with van der Waals surface area (Å²) in [6.07, 6.45) is 7.22. The van der Waals surface area contributed by atoms with Crippen LogP contribution in [0.5, 0.6) is 0 Å². The van der Waals surface area contributed by atoms with Crippen molar-refractivity contribution in [2.45, 2.75) is 70.0 Å². The van der Waals surface area contributed by atoms with Crippen LogP contribution in [0.2, 0.25) is 0 Å². The van der Waals surface area contributed by atoms with E-state index in [0.29, 0.717) is 29.6 Å². The predicted molar refractivity (Wildman–Crippen MR) is 190 cm³/mol. The zero-order chi connectivity index (χ0) is 35.2. The Morgan fingerprint density at radius 1 is 1.15 bits per heavy atom. The van der Waals surface area contributed by atoms with Gasteiger partial charge in [-0.25, -0.2) is 4.39 Å². The molecule has 2 aromatic rings. The van der Waals surface area contributed by atoms with E-state index >= 15 is 4.39 Å². The van der Waals surface area contributed by atoms with Gasteiger partial charge < -0.3 is 32.7 Å². The van der Waals surface area contributed by atoms with Gasteiger partial charge in [0, 0.05) is 55.1 Å². The first-order chi connectivity index (χ1) is 22.9. The second-order valence-electron chi connectivity index (χ2n) is 12.1. The number of aliphatic imine (C=N–C) groups is 1. The van der Waals surface area contributed by atoms with E-state index in [2.05, 4.69) is 26.3 Å². The Balaban J connectivity index is 1.61. The Bertz CT molecular complexity index is 1510. The number of rotatable bonds is 16. The third-order valence-corrected chi connectivity index (χ3v) is 9.09. The molecule has 0 aromatic heterocycles. The minimum Gasteiger partial charge on any atom is -0.387 e. The standard InChI is InChI=1S/C34H47FN8O4S/c1-21(2)30(36)20-40-22(3)32(44)42-27-11-9-23(10-12-27)17-39-18-25(24-7-5-6-8-24)15-26(35)19-41-33(45)29-16-28(43(46)47)13-14-31(29)48-34(37)38-4/h9-16,18,21-22,24,30,39-40H,5-8,17,19-20,36H2,1-4H3,(H2,37,38)(H,41,45)(H,42,44)/b25-18+,26-15+/t22-,30?/m0/s1. The predicted octanol–water partition coefficient (Wildman–Crippen LogP) is 4.98. The van der Waals surface area contributed by atoms with Crippen molar-refractivity contribution in [2.75, 3.05) is 25.5 Å². The molecule has 1 saturated carbocycles. The molecular weight excluding hydrogens is 635 g/mol. The number of allylic oxidation sites excluding steroid dienone is 2. The highest BCUT2D eigenvalue weighted by Gasteiger charge is 2.21. The number of nitro benzene ring substituents is 1. The van der Waals surface area contributed by atoms with Gasteiger partial charge in [-0.2, -0.15) is 0 Å². The van der Waals surface area contributed by atoms with Crippen LogP contribution in [0.3, 0.4) is 0 Å². The molecule has 0 radical (unpaired) electrons. The zero-order valence-corrected chi connectivity index (χ0v) is 28.7. The van der Waals surface area contributed by atoms with Crippen molar-refractivity contribution in [3.63, 3.8) is 0 Å². The molecule has 1 unspecified atom stereocenters. The molecule has 2 atom stereocenters. The Kier molecular flexibility index (Phi) is 15.0. The smallest absolute Gasteiger partial charge is 0.270 e. The molecule has 2 aromatic carbocycles. The van der Waals surface area contributed by atoms with Crippen molar-refractivity contribution in [2.24, 2.45) is 28.3 Å². The van der Waals surface area contributed by atoms with Gasteiger partial charge in [0.05, 0.1) is 23.1 Å². The quantitative estimate of drug-likeness (QED) is 0.0354. The van der Waals surface area contributed by atoms with Gasteiger partial charge in [-0.1, -0.05) is 50.6 Å². The van der Waals surface area contributed by atoms with Crippen molar-refractivity contribution in [1.29, 1.82) is 0 Å². The van der Waals surface area contributed by atoms with E-state index in [1.54, 1.807) is 6.92 Å². The third kappa shape index (κ3) is 12.1. The fourth-order valence-electron chi connectivity index (χ4n) is 4.97. The lowest BCUT2D eigenvalue weighted by atomic mass is 9.97. The van der Waals surface area contributed by atoms with Crippen molar-refractivity contribution < 1.29 is 18.9 Å². The van der Waals surface area contributed by atoms with Crippen LogP contribution in [0.25, 0.3) is 0 Å². The first-order valence-electron chi connectivity index (χ1n) is 16.0. The number of nitro groups is 1. The van der Waals surface area contributed by atoms with E-state index in [9.17, 15) is 19.7 Å². The number of carbonyl (C=O) groups is 2. The number of nitrogens with two attached hydrogens (primary N) is 2. The summed E-state index contributed by atoms with van der Waals surface area (Å²) in [6, 6.07) is 10.9. The number of amides is 2. The summed E-state index contributed by atoms with van der Waals surface area (Å²) >= 11 is 0.989. The highest BCUT2D eigenvalue weighted by molar-refractivity contribution is 8.13. The lowest BCUT2D eigenvalue weighted by molar-refractivity contribution is -0.384. The number of thioether (sulfide) groups is 1. The van der Waals surface area contributed by atoms with Gasteiger partial charge in [0.1, 0.15) is 5.83 Å². The molecule has 2 amide bonds. The molecule has 14 heteroatoms. The van der Waals surface area contributed by atoms with Crippen molar-refractivity contribution in [3.05, 3.63) is 87.4 Å². The second-order valence-corrected chi connectivity index (χ2v) is 13.2. The number of benzene rings is 2. The van der Waals surface area contributed by atoms with Gasteiger partial charge in [-0.3, -0.25) is 24.7 Å². The molecule has 1 aliphatic carbocycles. The van der Waals surface area contributed by atoms with Crippen LogP contribution < -0.4 is 32.7 Å². The van der Waals surface area contributed by atoms with Crippen LogP contribution in [-0.2, 0) is 11.3 Å². The van der Waals surface area contributed by atoms with Crippen LogP contribution in [0.15, 0.2) is 76.0 Å². The maximum absolute atomic E-state index is 15.2. The van der Waals surface area contributed by atoms with Gasteiger partial charge >= 0.3 is 0 Å². The highest BCUT2D eigenvalue weighted by Crippen LogP contribution is 2.32. The molecule has 1 aliphatic rings. The van der Waals surface area contributed by atoms with Crippen molar-refractivity contribution in [1.82, 2.24) is 16.0 Å². The molecule has 3 rings (SSSR count). The highest BCUT2D eigenvalue weighted by atomic mass is 32.2. The fraction of sp³-hybridized carbons (Fsp3) is 0.441. The molecule has 0 saturated heterocycles. The number of hydrogen-bond acceptors (Lipinski definition) is 9. The molecule has 260 valence electrons. The van der Waals surface area contributed by atoms with Crippen LogP contribution >= 0.6 is 11.8 Å². The number of nitrogens with one attached hydrogen (secondary N) is 4. The molecule has 8 N–H and O–H groups in total. The first kappa shape index (κ1) is 38.2. The van der Waals surface area contributed by atoms with Crippen LogP contribution in [0.4, 0.5) is 15.8 Å². The number of amidine groups is 1. The summed E-state index contributed by atoms with van der Waals surface area (Å²) in [5.74, 6) is -0.869. The topological polar surface area (TPSA) is 190 Å². The van der Waals surface area contributed by atoms with E-state index in [1.165, 1.54) is 25.3 Å². The lowest BCUT2D eigenvalue weighted by Gasteiger charge is -2.20. The van der Waals surface area contributed by atoms with Gasteiger partial charge in [0.15, 0.2) is 5.17 Å². The lowest BCUT2D eigenvalue weighted by Crippen LogP contribution is -2.45. The zero-order valence-electron chi connectivity index (χ0n) is 27.9. The van der Waals surface area contributed by atoms with E-state index in [-0.39, 0.29) is 40.8 Å². The molecule has 1 fully saturated rings. The van der Waals surface area contributed by atoms with E-state index in [4.69, 9.17) is 11.5 Å². The second kappa shape index (κ2) is 18.9. The number of nitrogens with zero attached hydrogens (tertiary/aromatic N) is 2.